The molecular formula is C28H22N2O3S. The van der Waals surface area contributed by atoms with Crippen molar-refractivity contribution in [3.8, 4) is 22.3 Å². The Morgan fingerprint density at radius 3 is 2.24 bits per heavy atom. The molecule has 1 unspecified atom stereocenters. The number of fused-ring (bicyclic) bond motifs is 1. The fourth-order valence-corrected chi connectivity index (χ4v) is 4.78. The van der Waals surface area contributed by atoms with E-state index in [4.69, 9.17) is 4.74 Å². The molecule has 0 amide bonds. The van der Waals surface area contributed by atoms with E-state index >= 15 is 0 Å². The highest BCUT2D eigenvalue weighted by Gasteiger charge is 2.21. The van der Waals surface area contributed by atoms with Gasteiger partial charge in [-0.25, -0.2) is 9.78 Å². The second-order valence-corrected chi connectivity index (χ2v) is 8.86. The van der Waals surface area contributed by atoms with Gasteiger partial charge in [0.25, 0.3) is 5.56 Å². The van der Waals surface area contributed by atoms with Gasteiger partial charge in [0.2, 0.25) is 0 Å². The number of benzene rings is 3. The van der Waals surface area contributed by atoms with Crippen molar-refractivity contribution in [1.82, 2.24) is 9.55 Å². The molecule has 0 radical (unpaired) electrons. The third-order valence-corrected chi connectivity index (χ3v) is 6.69. The van der Waals surface area contributed by atoms with E-state index < -0.39 is 12.0 Å². The minimum Gasteiger partial charge on any atom is -0.459 e. The molecule has 0 saturated carbocycles. The molecule has 0 spiro atoms. The number of esters is 1. The molecule has 0 bridgehead atoms. The average Bonchev–Trinajstić information content (AvgIpc) is 3.33. The summed E-state index contributed by atoms with van der Waals surface area (Å²) in [5, 5.41) is 2.46. The van der Waals surface area contributed by atoms with E-state index in [1.165, 1.54) is 22.2 Å². The van der Waals surface area contributed by atoms with Gasteiger partial charge in [-0.2, -0.15) is 0 Å². The minimum absolute atomic E-state index is 0.159. The van der Waals surface area contributed by atoms with Crippen LogP contribution in [0.5, 0.6) is 0 Å². The van der Waals surface area contributed by atoms with Crippen LogP contribution < -0.4 is 5.56 Å². The zero-order valence-corrected chi connectivity index (χ0v) is 19.4. The van der Waals surface area contributed by atoms with E-state index in [1.54, 1.807) is 6.92 Å². The molecule has 1 atom stereocenters. The van der Waals surface area contributed by atoms with Crippen molar-refractivity contribution in [1.29, 1.82) is 0 Å². The van der Waals surface area contributed by atoms with Crippen LogP contribution in [-0.4, -0.2) is 15.5 Å². The van der Waals surface area contributed by atoms with Gasteiger partial charge in [-0.3, -0.25) is 9.36 Å². The Morgan fingerprint density at radius 2 is 1.53 bits per heavy atom. The van der Waals surface area contributed by atoms with Gasteiger partial charge in [-0.15, -0.1) is 11.3 Å². The van der Waals surface area contributed by atoms with Gasteiger partial charge in [0.05, 0.1) is 11.7 Å². The number of ether oxygens (including phenoxy) is 1. The third kappa shape index (κ3) is 4.28. The number of nitrogens with zero attached hydrogens (tertiary/aromatic N) is 2. The van der Waals surface area contributed by atoms with Crippen LogP contribution >= 0.6 is 11.3 Å². The summed E-state index contributed by atoms with van der Waals surface area (Å²) in [7, 11) is 0. The predicted octanol–water partition coefficient (Wildman–Crippen LogP) is 6.10. The zero-order valence-electron chi connectivity index (χ0n) is 18.5. The van der Waals surface area contributed by atoms with Gasteiger partial charge in [0.15, 0.2) is 0 Å². The molecule has 6 heteroatoms. The van der Waals surface area contributed by atoms with E-state index in [1.807, 2.05) is 78.2 Å². The fraction of sp³-hybridized carbons (Fsp3) is 0.107. The Bertz CT molecular complexity index is 1490. The quantitative estimate of drug-likeness (QED) is 0.284. The summed E-state index contributed by atoms with van der Waals surface area (Å²) in [5.74, 6) is -0.476. The van der Waals surface area contributed by atoms with Gasteiger partial charge < -0.3 is 4.74 Å². The van der Waals surface area contributed by atoms with Crippen molar-refractivity contribution in [2.75, 3.05) is 0 Å². The van der Waals surface area contributed by atoms with Crippen LogP contribution in [0.25, 0.3) is 32.5 Å². The van der Waals surface area contributed by atoms with Gasteiger partial charge in [0.1, 0.15) is 17.5 Å². The van der Waals surface area contributed by atoms with Crippen molar-refractivity contribution in [3.05, 3.63) is 113 Å². The van der Waals surface area contributed by atoms with E-state index in [0.29, 0.717) is 10.2 Å². The van der Waals surface area contributed by atoms with Crippen molar-refractivity contribution in [2.45, 2.75) is 19.6 Å². The summed E-state index contributed by atoms with van der Waals surface area (Å²) < 4.78 is 6.79. The summed E-state index contributed by atoms with van der Waals surface area (Å²) in [6, 6.07) is 26.9. The molecule has 0 fully saturated rings. The monoisotopic (exact) mass is 466 g/mol. The van der Waals surface area contributed by atoms with E-state index in [0.717, 1.165) is 27.8 Å². The van der Waals surface area contributed by atoms with Gasteiger partial charge >= 0.3 is 5.97 Å². The Labute approximate surface area is 200 Å². The van der Waals surface area contributed by atoms with Crippen LogP contribution in [0, 0.1) is 0 Å². The van der Waals surface area contributed by atoms with Crippen LogP contribution in [0.2, 0.25) is 0 Å². The first-order chi connectivity index (χ1) is 16.6. The lowest BCUT2D eigenvalue weighted by Gasteiger charge is -2.14. The topological polar surface area (TPSA) is 61.2 Å². The summed E-state index contributed by atoms with van der Waals surface area (Å²) in [6.45, 7) is 1.81. The molecule has 0 aliphatic rings. The van der Waals surface area contributed by atoms with Gasteiger partial charge in [-0.05, 0) is 29.2 Å². The fourth-order valence-electron chi connectivity index (χ4n) is 3.87. The molecule has 0 aliphatic heterocycles. The number of hydrogen-bond donors (Lipinski definition) is 0. The Hall–Kier alpha value is -4.03. The SMILES string of the molecule is CC(C(=O)OCc1ccccc1)n1cnc2scc(-c3ccc(-c4ccccc4)cc3)c2c1=O. The summed E-state index contributed by atoms with van der Waals surface area (Å²) in [6.07, 6.45) is 1.43. The molecule has 34 heavy (non-hydrogen) atoms. The van der Waals surface area contributed by atoms with Crippen molar-refractivity contribution >= 4 is 27.5 Å². The lowest BCUT2D eigenvalue weighted by molar-refractivity contribution is -0.148. The number of carbonyl (C=O) groups excluding carboxylic acids is 1. The first-order valence-electron chi connectivity index (χ1n) is 11.0. The summed E-state index contributed by atoms with van der Waals surface area (Å²) in [5.41, 5.74) is 4.63. The normalized spacial score (nSPS) is 11.9. The van der Waals surface area contributed by atoms with Crippen LogP contribution in [0.15, 0.2) is 101 Å². The number of carbonyl (C=O) groups is 1. The molecule has 2 aromatic heterocycles. The molecule has 0 saturated heterocycles. The van der Waals surface area contributed by atoms with Crippen LogP contribution in [0.3, 0.4) is 0 Å². The van der Waals surface area contributed by atoms with Crippen LogP contribution in [-0.2, 0) is 16.1 Å². The van der Waals surface area contributed by atoms with Crippen LogP contribution in [0.1, 0.15) is 18.5 Å². The number of hydrogen-bond acceptors (Lipinski definition) is 5. The molecule has 0 N–H and O–H groups in total. The average molecular weight is 467 g/mol. The van der Waals surface area contributed by atoms with Gasteiger partial charge in [0, 0.05) is 10.9 Å². The molecule has 5 aromatic rings. The largest absolute Gasteiger partial charge is 0.459 e. The van der Waals surface area contributed by atoms with E-state index in [2.05, 4.69) is 17.1 Å². The smallest absolute Gasteiger partial charge is 0.329 e. The maximum atomic E-state index is 13.4. The first kappa shape index (κ1) is 21.8. The first-order valence-corrected chi connectivity index (χ1v) is 11.8. The van der Waals surface area contributed by atoms with Crippen molar-refractivity contribution < 1.29 is 9.53 Å². The third-order valence-electron chi connectivity index (χ3n) is 5.80. The summed E-state index contributed by atoms with van der Waals surface area (Å²) >= 11 is 1.42. The Kier molecular flexibility index (Phi) is 6.06. The second kappa shape index (κ2) is 9.45. The highest BCUT2D eigenvalue weighted by molar-refractivity contribution is 7.17. The number of aromatic nitrogens is 2. The van der Waals surface area contributed by atoms with Crippen molar-refractivity contribution in [2.24, 2.45) is 0 Å². The maximum Gasteiger partial charge on any atom is 0.329 e. The highest BCUT2D eigenvalue weighted by atomic mass is 32.1. The molecule has 5 nitrogen and oxygen atoms in total. The zero-order chi connectivity index (χ0) is 23.5. The minimum atomic E-state index is -0.790. The Morgan fingerprint density at radius 1 is 0.912 bits per heavy atom. The number of rotatable bonds is 6. The highest BCUT2D eigenvalue weighted by Crippen LogP contribution is 2.32. The molecule has 2 heterocycles. The molecule has 5 rings (SSSR count). The van der Waals surface area contributed by atoms with E-state index in [9.17, 15) is 9.59 Å². The molecular weight excluding hydrogens is 444 g/mol. The lowest BCUT2D eigenvalue weighted by atomic mass is 10.0. The second-order valence-electron chi connectivity index (χ2n) is 8.00. The predicted molar refractivity (Wildman–Crippen MR) is 136 cm³/mol. The molecule has 168 valence electrons. The molecule has 3 aromatic carbocycles. The van der Waals surface area contributed by atoms with Gasteiger partial charge in [-0.1, -0.05) is 84.9 Å². The number of thiophene rings is 1. The molecule has 0 aliphatic carbocycles. The van der Waals surface area contributed by atoms with E-state index in [-0.39, 0.29) is 12.2 Å². The van der Waals surface area contributed by atoms with Crippen molar-refractivity contribution in [3.63, 3.8) is 0 Å². The summed E-state index contributed by atoms with van der Waals surface area (Å²) in [4.78, 5) is 31.2. The maximum absolute atomic E-state index is 13.4. The standard InChI is InChI=1S/C28H22N2O3S/c1-19(28(32)33-16-20-8-4-2-5-9-20)30-18-29-26-25(27(30)31)24(17-34-26)23-14-12-22(13-15-23)21-10-6-3-7-11-21/h2-15,17-19H,16H2,1H3. The lowest BCUT2D eigenvalue weighted by Crippen LogP contribution is -2.29. The van der Waals surface area contributed by atoms with Crippen LogP contribution in [0.4, 0.5) is 0 Å². The Balaban J connectivity index is 1.43.